The van der Waals surface area contributed by atoms with Crippen LogP contribution < -0.4 is 10.6 Å². The molecule has 0 amide bonds. The van der Waals surface area contributed by atoms with Crippen molar-refractivity contribution in [1.29, 1.82) is 0 Å². The number of sulfonamides is 1. The van der Waals surface area contributed by atoms with Gasteiger partial charge in [0.1, 0.15) is 4.21 Å². The third kappa shape index (κ3) is 4.51. The summed E-state index contributed by atoms with van der Waals surface area (Å²) in [5.74, 6) is 0.725. The number of hydrogen-bond acceptors (Lipinski definition) is 4. The number of thiophene rings is 1. The fourth-order valence-corrected chi connectivity index (χ4v) is 5.39. The minimum absolute atomic E-state index is 0.203. The lowest BCUT2D eigenvalue weighted by Crippen LogP contribution is -2.40. The third-order valence-corrected chi connectivity index (χ3v) is 8.23. The molecule has 0 unspecified atom stereocenters. The molecule has 2 aromatic rings. The first-order valence-electron chi connectivity index (χ1n) is 8.89. The Morgan fingerprint density at radius 3 is 2.44 bits per heavy atom. The summed E-state index contributed by atoms with van der Waals surface area (Å²) in [6.45, 7) is 1.37. The minimum Gasteiger partial charge on any atom is -0.356 e. The van der Waals surface area contributed by atoms with Crippen molar-refractivity contribution in [3.8, 4) is 0 Å². The summed E-state index contributed by atoms with van der Waals surface area (Å²) >= 11 is 1.28. The first-order chi connectivity index (χ1) is 12.9. The zero-order valence-corrected chi connectivity index (χ0v) is 17.5. The van der Waals surface area contributed by atoms with Crippen LogP contribution >= 0.6 is 11.3 Å². The number of hydrogen-bond donors (Lipinski definition) is 2. The van der Waals surface area contributed by atoms with Crippen molar-refractivity contribution in [3.63, 3.8) is 0 Å². The van der Waals surface area contributed by atoms with Crippen molar-refractivity contribution in [2.75, 3.05) is 27.7 Å². The normalized spacial score (nSPS) is 16.4. The second-order valence-electron chi connectivity index (χ2n) is 6.93. The smallest absolute Gasteiger partial charge is 0.252 e. The molecule has 0 aliphatic heterocycles. The molecule has 0 spiro atoms. The maximum absolute atomic E-state index is 12.2. The second kappa shape index (κ2) is 8.00. The molecule has 146 valence electrons. The van der Waals surface area contributed by atoms with Crippen LogP contribution in [0.15, 0.2) is 51.7 Å². The molecule has 1 fully saturated rings. The van der Waals surface area contributed by atoms with E-state index in [2.05, 4.69) is 39.9 Å². The number of rotatable bonds is 7. The van der Waals surface area contributed by atoms with Gasteiger partial charge in [0.25, 0.3) is 10.0 Å². The van der Waals surface area contributed by atoms with Gasteiger partial charge in [0.05, 0.1) is 6.54 Å². The van der Waals surface area contributed by atoms with Gasteiger partial charge in [-0.15, -0.1) is 11.3 Å². The Balaban J connectivity index is 1.56. The number of benzene rings is 1. The third-order valence-electron chi connectivity index (χ3n) is 4.86. The molecular formula is C19H26N4O2S2. The molecule has 1 aromatic heterocycles. The molecule has 6 nitrogen and oxygen atoms in total. The highest BCUT2D eigenvalue weighted by Gasteiger charge is 2.43. The van der Waals surface area contributed by atoms with E-state index in [4.69, 9.17) is 0 Å². The van der Waals surface area contributed by atoms with Crippen LogP contribution in [0.5, 0.6) is 0 Å². The quantitative estimate of drug-likeness (QED) is 0.547. The average Bonchev–Trinajstić information content (AvgIpc) is 3.30. The van der Waals surface area contributed by atoms with E-state index in [1.54, 1.807) is 27.2 Å². The Kier molecular flexibility index (Phi) is 5.88. The molecule has 8 heteroatoms. The Morgan fingerprint density at radius 2 is 1.85 bits per heavy atom. The van der Waals surface area contributed by atoms with Crippen LogP contribution in [0.3, 0.4) is 0 Å². The molecule has 1 aliphatic rings. The van der Waals surface area contributed by atoms with Crippen molar-refractivity contribution in [1.82, 2.24) is 14.9 Å². The maximum atomic E-state index is 12.2. The molecule has 1 aliphatic carbocycles. The second-order valence-corrected chi connectivity index (χ2v) is 10.5. The number of nitrogens with one attached hydrogen (secondary N) is 2. The van der Waals surface area contributed by atoms with Crippen molar-refractivity contribution in [2.45, 2.75) is 29.0 Å². The molecule has 0 bridgehead atoms. The highest BCUT2D eigenvalue weighted by molar-refractivity contribution is 7.91. The van der Waals surface area contributed by atoms with Gasteiger partial charge in [-0.2, -0.15) is 0 Å². The van der Waals surface area contributed by atoms with E-state index in [1.807, 2.05) is 12.1 Å². The van der Waals surface area contributed by atoms with Gasteiger partial charge in [-0.1, -0.05) is 30.3 Å². The lowest BCUT2D eigenvalue weighted by molar-refractivity contribution is 0.523. The molecule has 0 saturated heterocycles. The Bertz CT molecular complexity index is 901. The van der Waals surface area contributed by atoms with E-state index in [1.165, 1.54) is 34.0 Å². The summed E-state index contributed by atoms with van der Waals surface area (Å²) < 4.78 is 25.9. The van der Waals surface area contributed by atoms with Crippen LogP contribution in [0.25, 0.3) is 0 Å². The van der Waals surface area contributed by atoms with Gasteiger partial charge in [-0.05, 0) is 30.5 Å². The van der Waals surface area contributed by atoms with E-state index in [9.17, 15) is 8.42 Å². The summed E-state index contributed by atoms with van der Waals surface area (Å²) in [4.78, 5) is 5.23. The minimum atomic E-state index is -3.37. The molecule has 0 radical (unpaired) electrons. The van der Waals surface area contributed by atoms with E-state index >= 15 is 0 Å². The number of nitrogens with zero attached hydrogens (tertiary/aromatic N) is 2. The van der Waals surface area contributed by atoms with Crippen molar-refractivity contribution in [3.05, 3.63) is 52.9 Å². The predicted octanol–water partition coefficient (Wildman–Crippen LogP) is 2.40. The van der Waals surface area contributed by atoms with Crippen LogP contribution in [0.4, 0.5) is 0 Å². The highest BCUT2D eigenvalue weighted by Crippen LogP contribution is 2.47. The lowest BCUT2D eigenvalue weighted by atomic mass is 9.96. The monoisotopic (exact) mass is 406 g/mol. The van der Waals surface area contributed by atoms with Crippen LogP contribution in [0.1, 0.15) is 23.3 Å². The van der Waals surface area contributed by atoms with Crippen LogP contribution in [-0.2, 0) is 22.0 Å². The first kappa shape index (κ1) is 19.9. The van der Waals surface area contributed by atoms with Gasteiger partial charge in [0.15, 0.2) is 5.96 Å². The molecule has 1 saturated carbocycles. The summed E-state index contributed by atoms with van der Waals surface area (Å²) in [5, 5.41) is 6.69. The Hall–Kier alpha value is -1.90. The summed E-state index contributed by atoms with van der Waals surface area (Å²) in [6, 6.07) is 14.1. The Morgan fingerprint density at radius 1 is 1.15 bits per heavy atom. The van der Waals surface area contributed by atoms with E-state index in [-0.39, 0.29) is 5.41 Å². The zero-order valence-electron chi connectivity index (χ0n) is 15.9. The molecule has 2 N–H and O–H groups in total. The fourth-order valence-electron chi connectivity index (χ4n) is 2.93. The molecule has 3 rings (SSSR count). The predicted molar refractivity (Wildman–Crippen MR) is 111 cm³/mol. The molecule has 1 aromatic carbocycles. The fraction of sp³-hybridized carbons (Fsp3) is 0.421. The van der Waals surface area contributed by atoms with E-state index < -0.39 is 10.0 Å². The first-order valence-corrected chi connectivity index (χ1v) is 11.1. The average molecular weight is 407 g/mol. The SMILES string of the molecule is CN=C(NCc1ccc(S(=O)(=O)N(C)C)s1)NCC1(c2ccccc2)CC1. The van der Waals surface area contributed by atoms with Gasteiger partial charge in [-0.3, -0.25) is 4.99 Å². The van der Waals surface area contributed by atoms with Gasteiger partial charge < -0.3 is 10.6 Å². The standard InChI is InChI=1S/C19H26N4O2S2/c1-20-18(22-14-19(11-12-19)15-7-5-4-6-8-15)21-13-16-9-10-17(26-16)27(24,25)23(2)3/h4-10H,11-14H2,1-3H3,(H2,20,21,22). The maximum Gasteiger partial charge on any atom is 0.252 e. The summed E-state index contributed by atoms with van der Waals surface area (Å²) in [6.07, 6.45) is 2.36. The topological polar surface area (TPSA) is 73.8 Å². The van der Waals surface area contributed by atoms with Gasteiger partial charge >= 0.3 is 0 Å². The summed E-state index contributed by atoms with van der Waals surface area (Å²) in [5.41, 5.74) is 1.57. The van der Waals surface area contributed by atoms with E-state index in [0.717, 1.165) is 17.4 Å². The largest absolute Gasteiger partial charge is 0.356 e. The zero-order chi connectivity index (χ0) is 19.5. The van der Waals surface area contributed by atoms with Crippen molar-refractivity contribution in [2.24, 2.45) is 4.99 Å². The highest BCUT2D eigenvalue weighted by atomic mass is 32.2. The van der Waals surface area contributed by atoms with Crippen LogP contribution in [0, 0.1) is 0 Å². The van der Waals surface area contributed by atoms with Crippen LogP contribution in [0.2, 0.25) is 0 Å². The van der Waals surface area contributed by atoms with Gasteiger partial charge in [0, 0.05) is 38.0 Å². The molecule has 1 heterocycles. The Labute approximate surface area is 165 Å². The van der Waals surface area contributed by atoms with Crippen molar-refractivity contribution >= 4 is 27.3 Å². The lowest BCUT2D eigenvalue weighted by Gasteiger charge is -2.19. The van der Waals surface area contributed by atoms with Gasteiger partial charge in [0.2, 0.25) is 0 Å². The number of guanidine groups is 1. The van der Waals surface area contributed by atoms with Crippen LogP contribution in [-0.4, -0.2) is 46.4 Å². The summed E-state index contributed by atoms with van der Waals surface area (Å²) in [7, 11) is 1.45. The van der Waals surface area contributed by atoms with Crippen molar-refractivity contribution < 1.29 is 8.42 Å². The number of aliphatic imine (C=N–C) groups is 1. The van der Waals surface area contributed by atoms with Gasteiger partial charge in [-0.25, -0.2) is 12.7 Å². The molecular weight excluding hydrogens is 380 g/mol. The molecule has 27 heavy (non-hydrogen) atoms. The van der Waals surface area contributed by atoms with E-state index in [0.29, 0.717) is 10.8 Å². The molecule has 0 atom stereocenters.